The first-order valence-corrected chi connectivity index (χ1v) is 10.6. The van der Waals surface area contributed by atoms with Crippen molar-refractivity contribution in [3.8, 4) is 5.75 Å². The molecule has 3 aromatic rings. The first kappa shape index (κ1) is 19.6. The number of benzene rings is 2. The van der Waals surface area contributed by atoms with E-state index in [9.17, 15) is 4.79 Å². The number of nitrogens with one attached hydrogen (secondary N) is 1. The van der Waals surface area contributed by atoms with Gasteiger partial charge in [0.1, 0.15) is 12.4 Å². The van der Waals surface area contributed by atoms with Crippen molar-refractivity contribution in [2.75, 3.05) is 0 Å². The molecule has 1 N–H and O–H groups in total. The largest absolute Gasteiger partial charge is 0.487 e. The third kappa shape index (κ3) is 4.51. The van der Waals surface area contributed by atoms with Gasteiger partial charge in [-0.05, 0) is 60.4 Å². The third-order valence-electron chi connectivity index (χ3n) is 5.50. The molecule has 4 nitrogen and oxygen atoms in total. The Morgan fingerprint density at radius 1 is 1.07 bits per heavy atom. The fraction of sp³-hybridized carbons (Fsp3) is 0.250. The number of rotatable bonds is 7. The minimum atomic E-state index is -0.395. The predicted octanol–water partition coefficient (Wildman–Crippen LogP) is 5.16. The van der Waals surface area contributed by atoms with E-state index in [1.165, 1.54) is 0 Å². The second-order valence-corrected chi connectivity index (χ2v) is 8.30. The van der Waals surface area contributed by atoms with E-state index < -0.39 is 5.41 Å². The number of ether oxygens (including phenoxy) is 1. The summed E-state index contributed by atoms with van der Waals surface area (Å²) in [5.74, 6) is 0.875. The van der Waals surface area contributed by atoms with Crippen LogP contribution >= 0.6 is 15.9 Å². The average molecular weight is 451 g/mol. The van der Waals surface area contributed by atoms with Gasteiger partial charge in [0.15, 0.2) is 0 Å². The molecule has 1 aliphatic rings. The Labute approximate surface area is 179 Å². The number of aromatic nitrogens is 1. The molecule has 4 rings (SSSR count). The fourth-order valence-corrected chi connectivity index (χ4v) is 3.95. The van der Waals surface area contributed by atoms with Gasteiger partial charge in [-0.3, -0.25) is 9.78 Å². The van der Waals surface area contributed by atoms with Gasteiger partial charge in [0.25, 0.3) is 0 Å². The van der Waals surface area contributed by atoms with Crippen LogP contribution in [0.4, 0.5) is 0 Å². The molecule has 0 saturated heterocycles. The smallest absolute Gasteiger partial charge is 0.230 e. The van der Waals surface area contributed by atoms with Crippen LogP contribution in [0.5, 0.6) is 5.75 Å². The van der Waals surface area contributed by atoms with Crippen LogP contribution in [0.2, 0.25) is 0 Å². The number of nitrogens with zero attached hydrogens (tertiary/aromatic N) is 1. The first-order chi connectivity index (χ1) is 14.2. The summed E-state index contributed by atoms with van der Waals surface area (Å²) in [5.41, 5.74) is 2.60. The zero-order valence-corrected chi connectivity index (χ0v) is 17.7. The fourth-order valence-electron chi connectivity index (χ4n) is 3.68. The normalized spacial score (nSPS) is 14.7. The molecule has 0 radical (unpaired) electrons. The summed E-state index contributed by atoms with van der Waals surface area (Å²) < 4.78 is 6.87. The van der Waals surface area contributed by atoms with Gasteiger partial charge in [-0.1, -0.05) is 52.7 Å². The molecule has 0 bridgehead atoms. The lowest BCUT2D eigenvalue weighted by Crippen LogP contribution is -2.48. The highest BCUT2D eigenvalue weighted by Gasteiger charge is 2.45. The van der Waals surface area contributed by atoms with E-state index in [2.05, 4.69) is 38.4 Å². The van der Waals surface area contributed by atoms with Crippen LogP contribution in [0, 0.1) is 0 Å². The Morgan fingerprint density at radius 3 is 2.59 bits per heavy atom. The molecule has 2 aromatic carbocycles. The number of amides is 1. The zero-order valence-electron chi connectivity index (χ0n) is 16.1. The van der Waals surface area contributed by atoms with Crippen molar-refractivity contribution in [1.29, 1.82) is 0 Å². The van der Waals surface area contributed by atoms with Crippen LogP contribution in [0.1, 0.15) is 36.1 Å². The van der Waals surface area contributed by atoms with Crippen LogP contribution in [0.15, 0.2) is 77.4 Å². The highest BCUT2D eigenvalue weighted by molar-refractivity contribution is 9.10. The van der Waals surface area contributed by atoms with E-state index in [0.29, 0.717) is 13.2 Å². The highest BCUT2D eigenvalue weighted by atomic mass is 79.9. The molecule has 0 atom stereocenters. The molecule has 0 spiro atoms. The molecule has 1 aromatic heterocycles. The Balaban J connectivity index is 1.38. The lowest BCUT2D eigenvalue weighted by atomic mass is 9.64. The van der Waals surface area contributed by atoms with Gasteiger partial charge >= 0.3 is 0 Å². The topological polar surface area (TPSA) is 51.2 Å². The second-order valence-electron chi connectivity index (χ2n) is 7.38. The Kier molecular flexibility index (Phi) is 5.95. The highest BCUT2D eigenvalue weighted by Crippen LogP contribution is 2.44. The molecule has 1 fully saturated rings. The van der Waals surface area contributed by atoms with Crippen molar-refractivity contribution < 1.29 is 9.53 Å². The molecule has 1 saturated carbocycles. The van der Waals surface area contributed by atoms with E-state index in [4.69, 9.17) is 4.74 Å². The van der Waals surface area contributed by atoms with Crippen LogP contribution < -0.4 is 10.1 Å². The van der Waals surface area contributed by atoms with E-state index >= 15 is 0 Å². The van der Waals surface area contributed by atoms with Crippen molar-refractivity contribution in [2.24, 2.45) is 0 Å². The van der Waals surface area contributed by atoms with Crippen LogP contribution in [-0.4, -0.2) is 10.9 Å². The van der Waals surface area contributed by atoms with Crippen molar-refractivity contribution in [3.63, 3.8) is 0 Å². The molecule has 29 heavy (non-hydrogen) atoms. The summed E-state index contributed by atoms with van der Waals surface area (Å²) in [6.45, 7) is 0.904. The molecular weight excluding hydrogens is 428 g/mol. The molecule has 1 amide bonds. The SMILES string of the molecule is O=C(NCc1cccc(OCc2ccccn2)c1)C1(c2ccc(Br)cc2)CCC1. The standard InChI is InChI=1S/C24H23BrN2O2/c25-20-10-8-19(9-11-20)24(12-4-13-24)23(28)27-16-18-5-3-7-22(15-18)29-17-21-6-1-2-14-26-21/h1-3,5-11,14-15H,4,12-13,16-17H2,(H,27,28). The Morgan fingerprint density at radius 2 is 1.90 bits per heavy atom. The number of carbonyl (C=O) groups is 1. The molecule has 1 aliphatic carbocycles. The number of halogens is 1. The Bertz CT molecular complexity index is 970. The van der Waals surface area contributed by atoms with Crippen molar-refractivity contribution >= 4 is 21.8 Å². The zero-order chi connectivity index (χ0) is 20.1. The molecular formula is C24H23BrN2O2. The quantitative estimate of drug-likeness (QED) is 0.540. The number of hydrogen-bond acceptors (Lipinski definition) is 3. The first-order valence-electron chi connectivity index (χ1n) is 9.82. The van der Waals surface area contributed by atoms with Crippen molar-refractivity contribution in [1.82, 2.24) is 10.3 Å². The minimum Gasteiger partial charge on any atom is -0.487 e. The summed E-state index contributed by atoms with van der Waals surface area (Å²) in [7, 11) is 0. The van der Waals surface area contributed by atoms with Gasteiger partial charge in [0.2, 0.25) is 5.91 Å². The van der Waals surface area contributed by atoms with E-state index in [1.807, 2.05) is 54.6 Å². The average Bonchev–Trinajstić information content (AvgIpc) is 2.72. The van der Waals surface area contributed by atoms with Gasteiger partial charge in [-0.15, -0.1) is 0 Å². The summed E-state index contributed by atoms with van der Waals surface area (Å²) in [4.78, 5) is 17.3. The minimum absolute atomic E-state index is 0.103. The van der Waals surface area contributed by atoms with E-state index in [0.717, 1.165) is 46.3 Å². The van der Waals surface area contributed by atoms with Crippen LogP contribution in [-0.2, 0) is 23.4 Å². The lowest BCUT2D eigenvalue weighted by Gasteiger charge is -2.40. The summed E-state index contributed by atoms with van der Waals surface area (Å²) in [6, 6.07) is 21.7. The van der Waals surface area contributed by atoms with E-state index in [-0.39, 0.29) is 5.91 Å². The van der Waals surface area contributed by atoms with Gasteiger partial charge in [-0.25, -0.2) is 0 Å². The molecule has 5 heteroatoms. The van der Waals surface area contributed by atoms with Crippen LogP contribution in [0.3, 0.4) is 0 Å². The number of carbonyl (C=O) groups excluding carboxylic acids is 1. The summed E-state index contributed by atoms with van der Waals surface area (Å²) in [5, 5.41) is 3.14. The number of pyridine rings is 1. The maximum atomic E-state index is 13.0. The van der Waals surface area contributed by atoms with Crippen molar-refractivity contribution in [3.05, 3.63) is 94.2 Å². The Hall–Kier alpha value is -2.66. The molecule has 1 heterocycles. The second kappa shape index (κ2) is 8.78. The maximum Gasteiger partial charge on any atom is 0.230 e. The van der Waals surface area contributed by atoms with Gasteiger partial charge in [0, 0.05) is 17.2 Å². The van der Waals surface area contributed by atoms with Gasteiger partial charge < -0.3 is 10.1 Å². The monoisotopic (exact) mass is 450 g/mol. The van der Waals surface area contributed by atoms with E-state index in [1.54, 1.807) is 6.20 Å². The maximum absolute atomic E-state index is 13.0. The number of hydrogen-bond donors (Lipinski definition) is 1. The van der Waals surface area contributed by atoms with Crippen LogP contribution in [0.25, 0.3) is 0 Å². The van der Waals surface area contributed by atoms with Gasteiger partial charge in [-0.2, -0.15) is 0 Å². The molecule has 0 unspecified atom stereocenters. The predicted molar refractivity (Wildman–Crippen MR) is 117 cm³/mol. The third-order valence-corrected chi connectivity index (χ3v) is 6.03. The molecule has 148 valence electrons. The van der Waals surface area contributed by atoms with Crippen molar-refractivity contribution in [2.45, 2.75) is 37.8 Å². The van der Waals surface area contributed by atoms with Gasteiger partial charge in [0.05, 0.1) is 11.1 Å². The summed E-state index contributed by atoms with van der Waals surface area (Å²) >= 11 is 3.47. The lowest BCUT2D eigenvalue weighted by molar-refractivity contribution is -0.130. The summed E-state index contributed by atoms with van der Waals surface area (Å²) in [6.07, 6.45) is 4.63. The molecule has 0 aliphatic heterocycles.